The molecule has 104 valence electrons. The molecule has 0 aliphatic carbocycles. The van der Waals surface area contributed by atoms with Crippen LogP contribution in [0.5, 0.6) is 0 Å². The summed E-state index contributed by atoms with van der Waals surface area (Å²) in [5, 5.41) is 0. The Morgan fingerprint density at radius 2 is 1.76 bits per heavy atom. The van der Waals surface area contributed by atoms with Crippen molar-refractivity contribution in [2.75, 3.05) is 10.6 Å². The number of nitrogens with zero attached hydrogens (tertiary/aromatic N) is 2. The van der Waals surface area contributed by atoms with Crippen LogP contribution in [0.4, 0.5) is 11.4 Å². The third kappa shape index (κ3) is 2.34. The van der Waals surface area contributed by atoms with Crippen molar-refractivity contribution in [3.63, 3.8) is 0 Å². The van der Waals surface area contributed by atoms with Crippen LogP contribution in [0.15, 0.2) is 42.5 Å². The van der Waals surface area contributed by atoms with Crippen LogP contribution >= 0.6 is 0 Å². The number of fused-ring (bicyclic) bond motifs is 1. The Hall–Kier alpha value is -3.15. The summed E-state index contributed by atoms with van der Waals surface area (Å²) in [5.74, 6) is 0.700. The first-order valence-corrected chi connectivity index (χ1v) is 6.26. The molecule has 0 radical (unpaired) electrons. The molecule has 2 aromatic carbocycles. The molecule has 6 heteroatoms. The lowest BCUT2D eigenvalue weighted by atomic mass is 10.2. The number of imide groups is 1. The minimum absolute atomic E-state index is 0.464. The van der Waals surface area contributed by atoms with Gasteiger partial charge < -0.3 is 10.7 Å². The van der Waals surface area contributed by atoms with E-state index >= 15 is 0 Å². The highest BCUT2D eigenvalue weighted by Gasteiger charge is 2.07. The van der Waals surface area contributed by atoms with Crippen molar-refractivity contribution in [2.24, 2.45) is 0 Å². The van der Waals surface area contributed by atoms with E-state index in [9.17, 15) is 9.59 Å². The molecule has 0 saturated heterocycles. The molecule has 6 nitrogen and oxygen atoms in total. The molecular formula is C15H12N4O2. The van der Waals surface area contributed by atoms with Gasteiger partial charge in [-0.15, -0.1) is 0 Å². The SMILES string of the molecule is Nc1ccc2nc(-c3ccc(N(C=O)C=O)cc3)[nH]c2c1. The smallest absolute Gasteiger partial charge is 0.220 e. The Bertz CT molecular complexity index is 800. The topological polar surface area (TPSA) is 92.1 Å². The number of rotatable bonds is 4. The fourth-order valence-corrected chi connectivity index (χ4v) is 2.10. The molecule has 2 amide bonds. The Kier molecular flexibility index (Phi) is 3.12. The summed E-state index contributed by atoms with van der Waals surface area (Å²) in [7, 11) is 0. The number of carbonyl (C=O) groups excluding carboxylic acids is 2. The minimum Gasteiger partial charge on any atom is -0.399 e. The molecule has 3 rings (SSSR count). The van der Waals surface area contributed by atoms with E-state index in [1.54, 1.807) is 30.3 Å². The number of amides is 2. The Labute approximate surface area is 120 Å². The molecule has 0 spiro atoms. The van der Waals surface area contributed by atoms with E-state index in [4.69, 9.17) is 5.73 Å². The van der Waals surface area contributed by atoms with Gasteiger partial charge in [-0.2, -0.15) is 0 Å². The molecule has 1 aromatic heterocycles. The fourth-order valence-electron chi connectivity index (χ4n) is 2.10. The number of carbonyl (C=O) groups is 2. The lowest BCUT2D eigenvalue weighted by molar-refractivity contribution is -0.113. The molecule has 3 N–H and O–H groups in total. The number of aromatic amines is 1. The van der Waals surface area contributed by atoms with Gasteiger partial charge in [0.15, 0.2) is 0 Å². The van der Waals surface area contributed by atoms with Gasteiger partial charge in [-0.3, -0.25) is 14.5 Å². The van der Waals surface area contributed by atoms with Crippen molar-refractivity contribution in [1.29, 1.82) is 0 Å². The van der Waals surface area contributed by atoms with Crippen molar-refractivity contribution in [2.45, 2.75) is 0 Å². The van der Waals surface area contributed by atoms with Crippen LogP contribution in [-0.2, 0) is 9.59 Å². The van der Waals surface area contributed by atoms with E-state index in [0.29, 0.717) is 30.0 Å². The number of benzene rings is 2. The molecule has 21 heavy (non-hydrogen) atoms. The van der Waals surface area contributed by atoms with Crippen molar-refractivity contribution in [1.82, 2.24) is 9.97 Å². The summed E-state index contributed by atoms with van der Waals surface area (Å²) in [6.45, 7) is 0. The molecule has 0 fully saturated rings. The summed E-state index contributed by atoms with van der Waals surface area (Å²) in [5.41, 5.74) is 9.44. The van der Waals surface area contributed by atoms with E-state index in [2.05, 4.69) is 9.97 Å². The van der Waals surface area contributed by atoms with Crippen LogP contribution in [0.3, 0.4) is 0 Å². The molecule has 0 unspecified atom stereocenters. The Balaban J connectivity index is 1.98. The number of hydrogen-bond acceptors (Lipinski definition) is 4. The summed E-state index contributed by atoms with van der Waals surface area (Å²) in [6, 6.07) is 12.4. The van der Waals surface area contributed by atoms with E-state index in [0.717, 1.165) is 21.5 Å². The number of imidazole rings is 1. The first-order valence-electron chi connectivity index (χ1n) is 6.26. The van der Waals surface area contributed by atoms with Gasteiger partial charge in [-0.25, -0.2) is 4.98 Å². The predicted molar refractivity (Wildman–Crippen MR) is 80.5 cm³/mol. The molecule has 3 aromatic rings. The second-order valence-electron chi connectivity index (χ2n) is 4.53. The number of nitrogens with one attached hydrogen (secondary N) is 1. The number of nitrogens with two attached hydrogens (primary N) is 1. The molecule has 0 aliphatic rings. The maximum absolute atomic E-state index is 10.7. The van der Waals surface area contributed by atoms with E-state index in [1.165, 1.54) is 0 Å². The highest BCUT2D eigenvalue weighted by Crippen LogP contribution is 2.23. The zero-order valence-electron chi connectivity index (χ0n) is 11.0. The summed E-state index contributed by atoms with van der Waals surface area (Å²) >= 11 is 0. The first-order chi connectivity index (χ1) is 10.2. The highest BCUT2D eigenvalue weighted by molar-refractivity contribution is 5.95. The van der Waals surface area contributed by atoms with E-state index < -0.39 is 0 Å². The zero-order valence-corrected chi connectivity index (χ0v) is 11.0. The predicted octanol–water partition coefficient (Wildman–Crippen LogP) is 1.93. The summed E-state index contributed by atoms with van der Waals surface area (Å²) < 4.78 is 0. The summed E-state index contributed by atoms with van der Waals surface area (Å²) in [4.78, 5) is 30.0. The van der Waals surface area contributed by atoms with Crippen LogP contribution in [0, 0.1) is 0 Å². The maximum atomic E-state index is 10.7. The van der Waals surface area contributed by atoms with Crippen LogP contribution in [0.25, 0.3) is 22.4 Å². The number of H-pyrrole nitrogens is 1. The largest absolute Gasteiger partial charge is 0.399 e. The number of nitrogen functional groups attached to an aromatic ring is 1. The third-order valence-electron chi connectivity index (χ3n) is 3.17. The van der Waals surface area contributed by atoms with Gasteiger partial charge >= 0.3 is 0 Å². The van der Waals surface area contributed by atoms with Gasteiger partial charge in [0.25, 0.3) is 0 Å². The van der Waals surface area contributed by atoms with Gasteiger partial charge in [0.1, 0.15) is 5.82 Å². The maximum Gasteiger partial charge on any atom is 0.220 e. The normalized spacial score (nSPS) is 10.5. The van der Waals surface area contributed by atoms with E-state index in [-0.39, 0.29) is 0 Å². The number of hydrogen-bond donors (Lipinski definition) is 2. The average molecular weight is 280 g/mol. The zero-order chi connectivity index (χ0) is 14.8. The van der Waals surface area contributed by atoms with Gasteiger partial charge in [0.2, 0.25) is 12.8 Å². The fraction of sp³-hybridized carbons (Fsp3) is 0. The van der Waals surface area contributed by atoms with Crippen molar-refractivity contribution >= 4 is 35.2 Å². The quantitative estimate of drug-likeness (QED) is 0.564. The second kappa shape index (κ2) is 5.09. The molecule has 0 atom stereocenters. The third-order valence-corrected chi connectivity index (χ3v) is 3.17. The van der Waals surface area contributed by atoms with E-state index in [1.807, 2.05) is 12.1 Å². The Morgan fingerprint density at radius 3 is 2.43 bits per heavy atom. The molecule has 0 saturated carbocycles. The van der Waals surface area contributed by atoms with Gasteiger partial charge in [-0.05, 0) is 42.5 Å². The number of aromatic nitrogens is 2. The van der Waals surface area contributed by atoms with Crippen LogP contribution in [0.2, 0.25) is 0 Å². The molecule has 0 aliphatic heterocycles. The minimum atomic E-state index is 0.464. The lowest BCUT2D eigenvalue weighted by Gasteiger charge is -2.08. The van der Waals surface area contributed by atoms with Crippen LogP contribution in [-0.4, -0.2) is 22.8 Å². The average Bonchev–Trinajstić information content (AvgIpc) is 2.92. The lowest BCUT2D eigenvalue weighted by Crippen LogP contribution is -2.17. The van der Waals surface area contributed by atoms with Crippen molar-refractivity contribution in [3.8, 4) is 11.4 Å². The first kappa shape index (κ1) is 12.9. The number of anilines is 2. The molecule has 0 bridgehead atoms. The van der Waals surface area contributed by atoms with Gasteiger partial charge in [0.05, 0.1) is 16.7 Å². The van der Waals surface area contributed by atoms with Gasteiger partial charge in [-0.1, -0.05) is 0 Å². The molecular weight excluding hydrogens is 268 g/mol. The molecule has 1 heterocycles. The standard InChI is InChI=1S/C15H12N4O2/c16-11-3-6-13-14(7-11)18-15(17-13)10-1-4-12(5-2-10)19(8-20)9-21/h1-9H,16H2,(H,17,18). The monoisotopic (exact) mass is 280 g/mol. The van der Waals surface area contributed by atoms with Crippen LogP contribution in [0.1, 0.15) is 0 Å². The summed E-state index contributed by atoms with van der Waals surface area (Å²) in [6.07, 6.45) is 0.929. The van der Waals surface area contributed by atoms with Crippen molar-refractivity contribution in [3.05, 3.63) is 42.5 Å². The van der Waals surface area contributed by atoms with Gasteiger partial charge in [0, 0.05) is 11.3 Å². The second-order valence-corrected chi connectivity index (χ2v) is 4.53. The Morgan fingerprint density at radius 1 is 1.05 bits per heavy atom. The highest BCUT2D eigenvalue weighted by atomic mass is 16.2. The van der Waals surface area contributed by atoms with Crippen LogP contribution < -0.4 is 10.6 Å². The van der Waals surface area contributed by atoms with Crippen molar-refractivity contribution < 1.29 is 9.59 Å².